The number of nitrogens with one attached hydrogen (secondary N) is 1. The zero-order chi connectivity index (χ0) is 17.2. The van der Waals surface area contributed by atoms with Gasteiger partial charge in [-0.3, -0.25) is 4.79 Å². The number of fused-ring (bicyclic) bond motifs is 1. The van der Waals surface area contributed by atoms with Gasteiger partial charge in [0.05, 0.1) is 11.7 Å². The molecule has 0 aliphatic carbocycles. The fourth-order valence-electron chi connectivity index (χ4n) is 2.98. The summed E-state index contributed by atoms with van der Waals surface area (Å²) in [5.74, 6) is 1.05. The molecule has 1 atom stereocenters. The number of hydrogen-bond donors (Lipinski definition) is 1. The van der Waals surface area contributed by atoms with Crippen LogP contribution in [-0.2, 0) is 21.4 Å². The van der Waals surface area contributed by atoms with E-state index in [2.05, 4.69) is 5.32 Å². The predicted molar refractivity (Wildman–Crippen MR) is 88.2 cm³/mol. The quantitative estimate of drug-likeness (QED) is 0.856. The first-order valence-electron chi connectivity index (χ1n) is 8.13. The number of carbonyl (C=O) groups is 1. The number of nitrogens with zero attached hydrogens (tertiary/aromatic N) is 1. The van der Waals surface area contributed by atoms with Crippen LogP contribution in [0, 0.1) is 5.92 Å². The molecule has 8 heteroatoms. The number of piperidine rings is 1. The minimum absolute atomic E-state index is 0.0680. The van der Waals surface area contributed by atoms with Gasteiger partial charge < -0.3 is 14.8 Å². The highest BCUT2D eigenvalue weighted by Gasteiger charge is 2.31. The number of hydrogen-bond acceptors (Lipinski definition) is 5. The SMILES string of the molecule is CCS(=O)(=O)N1CCC[C@H](C(=O)NCc2ccc3c(c2)OCO3)C1. The van der Waals surface area contributed by atoms with Crippen LogP contribution in [-0.4, -0.2) is 44.3 Å². The molecule has 0 spiro atoms. The van der Waals surface area contributed by atoms with Crippen molar-refractivity contribution in [3.63, 3.8) is 0 Å². The fraction of sp³-hybridized carbons (Fsp3) is 0.562. The Kier molecular flexibility index (Phi) is 4.96. The van der Waals surface area contributed by atoms with Crippen molar-refractivity contribution in [3.05, 3.63) is 23.8 Å². The number of sulfonamides is 1. The van der Waals surface area contributed by atoms with Gasteiger partial charge in [-0.25, -0.2) is 12.7 Å². The number of carbonyl (C=O) groups excluding carboxylic acids is 1. The van der Waals surface area contributed by atoms with E-state index in [0.29, 0.717) is 37.4 Å². The van der Waals surface area contributed by atoms with Crippen molar-refractivity contribution in [2.24, 2.45) is 5.92 Å². The molecular weight excluding hydrogens is 332 g/mol. The zero-order valence-electron chi connectivity index (χ0n) is 13.7. The maximum Gasteiger partial charge on any atom is 0.231 e. The van der Waals surface area contributed by atoms with E-state index in [1.54, 1.807) is 6.92 Å². The number of ether oxygens (including phenoxy) is 2. The molecule has 1 saturated heterocycles. The molecule has 24 heavy (non-hydrogen) atoms. The molecule has 0 aromatic heterocycles. The van der Waals surface area contributed by atoms with Crippen LogP contribution in [0.1, 0.15) is 25.3 Å². The van der Waals surface area contributed by atoms with E-state index in [9.17, 15) is 13.2 Å². The third kappa shape index (κ3) is 3.64. The Morgan fingerprint density at radius 2 is 2.12 bits per heavy atom. The van der Waals surface area contributed by atoms with Gasteiger partial charge in [-0.05, 0) is 37.5 Å². The second-order valence-electron chi connectivity index (χ2n) is 6.00. The van der Waals surface area contributed by atoms with Gasteiger partial charge in [0.2, 0.25) is 22.7 Å². The predicted octanol–water partition coefficient (Wildman–Crippen LogP) is 1.09. The second-order valence-corrected chi connectivity index (χ2v) is 8.26. The lowest BCUT2D eigenvalue weighted by Crippen LogP contribution is -2.45. The molecule has 1 N–H and O–H groups in total. The van der Waals surface area contributed by atoms with E-state index in [1.807, 2.05) is 18.2 Å². The lowest BCUT2D eigenvalue weighted by molar-refractivity contribution is -0.126. The highest BCUT2D eigenvalue weighted by atomic mass is 32.2. The third-order valence-corrected chi connectivity index (χ3v) is 6.26. The fourth-order valence-corrected chi connectivity index (χ4v) is 4.16. The Morgan fingerprint density at radius 1 is 1.33 bits per heavy atom. The summed E-state index contributed by atoms with van der Waals surface area (Å²) in [6.45, 7) is 2.99. The first-order valence-corrected chi connectivity index (χ1v) is 9.74. The highest BCUT2D eigenvalue weighted by Crippen LogP contribution is 2.32. The van der Waals surface area contributed by atoms with Crippen molar-refractivity contribution in [2.45, 2.75) is 26.3 Å². The van der Waals surface area contributed by atoms with Gasteiger partial charge in [0.25, 0.3) is 0 Å². The molecule has 2 heterocycles. The van der Waals surface area contributed by atoms with Gasteiger partial charge in [0.1, 0.15) is 0 Å². The topological polar surface area (TPSA) is 84.9 Å². The van der Waals surface area contributed by atoms with Crippen molar-refractivity contribution in [3.8, 4) is 11.5 Å². The Labute approximate surface area is 142 Å². The summed E-state index contributed by atoms with van der Waals surface area (Å²) >= 11 is 0. The van der Waals surface area contributed by atoms with Crippen LogP contribution in [0.2, 0.25) is 0 Å². The molecule has 1 aromatic rings. The van der Waals surface area contributed by atoms with Crippen molar-refractivity contribution < 1.29 is 22.7 Å². The monoisotopic (exact) mass is 354 g/mol. The van der Waals surface area contributed by atoms with Crippen molar-refractivity contribution in [1.82, 2.24) is 9.62 Å². The number of amides is 1. The molecule has 2 aliphatic rings. The van der Waals surface area contributed by atoms with Crippen LogP contribution in [0.3, 0.4) is 0 Å². The van der Waals surface area contributed by atoms with E-state index >= 15 is 0 Å². The molecule has 7 nitrogen and oxygen atoms in total. The van der Waals surface area contributed by atoms with Gasteiger partial charge in [-0.2, -0.15) is 0 Å². The molecule has 1 aromatic carbocycles. The standard InChI is InChI=1S/C16H22N2O5S/c1-2-24(20,21)18-7-3-4-13(10-18)16(19)17-9-12-5-6-14-15(8-12)23-11-22-14/h5-6,8,13H,2-4,7,9-11H2,1H3,(H,17,19)/t13-/m0/s1. The molecule has 1 fully saturated rings. The van der Waals surface area contributed by atoms with Crippen LogP contribution in [0.5, 0.6) is 11.5 Å². The Morgan fingerprint density at radius 3 is 2.92 bits per heavy atom. The van der Waals surface area contributed by atoms with Gasteiger partial charge in [-0.15, -0.1) is 0 Å². The molecule has 0 unspecified atom stereocenters. The van der Waals surface area contributed by atoms with E-state index in [4.69, 9.17) is 9.47 Å². The first kappa shape index (κ1) is 17.0. The van der Waals surface area contributed by atoms with Gasteiger partial charge in [-0.1, -0.05) is 6.07 Å². The van der Waals surface area contributed by atoms with E-state index in [-0.39, 0.29) is 30.9 Å². The molecule has 0 bridgehead atoms. The molecule has 1 amide bonds. The Balaban J connectivity index is 1.57. The molecular formula is C16H22N2O5S. The Hall–Kier alpha value is -1.80. The van der Waals surface area contributed by atoms with Gasteiger partial charge >= 0.3 is 0 Å². The summed E-state index contributed by atoms with van der Waals surface area (Å²) in [5, 5.41) is 2.89. The van der Waals surface area contributed by atoms with Crippen LogP contribution < -0.4 is 14.8 Å². The molecule has 2 aliphatic heterocycles. The molecule has 132 valence electrons. The minimum atomic E-state index is -3.24. The summed E-state index contributed by atoms with van der Waals surface area (Å²) in [6, 6.07) is 5.54. The van der Waals surface area contributed by atoms with Gasteiger partial charge in [0, 0.05) is 19.6 Å². The summed E-state index contributed by atoms with van der Waals surface area (Å²) in [7, 11) is -3.24. The van der Waals surface area contributed by atoms with Crippen LogP contribution in [0.25, 0.3) is 0 Å². The van der Waals surface area contributed by atoms with Gasteiger partial charge in [0.15, 0.2) is 11.5 Å². The summed E-state index contributed by atoms with van der Waals surface area (Å²) in [6.07, 6.45) is 1.42. The largest absolute Gasteiger partial charge is 0.454 e. The number of rotatable bonds is 5. The van der Waals surface area contributed by atoms with Crippen LogP contribution >= 0.6 is 0 Å². The van der Waals surface area contributed by atoms with Crippen molar-refractivity contribution >= 4 is 15.9 Å². The maximum atomic E-state index is 12.4. The lowest BCUT2D eigenvalue weighted by Gasteiger charge is -2.30. The lowest BCUT2D eigenvalue weighted by atomic mass is 9.98. The normalized spacial score (nSPS) is 20.8. The molecule has 0 radical (unpaired) electrons. The summed E-state index contributed by atoms with van der Waals surface area (Å²) < 4.78 is 36.0. The first-order chi connectivity index (χ1) is 11.5. The van der Waals surface area contributed by atoms with Crippen molar-refractivity contribution in [1.29, 1.82) is 0 Å². The smallest absolute Gasteiger partial charge is 0.231 e. The van der Waals surface area contributed by atoms with Crippen molar-refractivity contribution in [2.75, 3.05) is 25.6 Å². The average Bonchev–Trinajstić information content (AvgIpc) is 3.07. The molecule has 0 saturated carbocycles. The summed E-state index contributed by atoms with van der Waals surface area (Å²) in [4.78, 5) is 12.4. The van der Waals surface area contributed by atoms with E-state index < -0.39 is 10.0 Å². The highest BCUT2D eigenvalue weighted by molar-refractivity contribution is 7.89. The minimum Gasteiger partial charge on any atom is -0.454 e. The average molecular weight is 354 g/mol. The zero-order valence-corrected chi connectivity index (χ0v) is 14.5. The van der Waals surface area contributed by atoms with E-state index in [0.717, 1.165) is 5.56 Å². The Bertz CT molecular complexity index is 719. The van der Waals surface area contributed by atoms with E-state index in [1.165, 1.54) is 4.31 Å². The third-order valence-electron chi connectivity index (χ3n) is 4.42. The van der Waals surface area contributed by atoms with Crippen LogP contribution in [0.4, 0.5) is 0 Å². The summed E-state index contributed by atoms with van der Waals surface area (Å²) in [5.41, 5.74) is 0.918. The second kappa shape index (κ2) is 6.98. The number of benzene rings is 1. The maximum absolute atomic E-state index is 12.4. The molecule has 3 rings (SSSR count). The van der Waals surface area contributed by atoms with Crippen LogP contribution in [0.15, 0.2) is 18.2 Å².